The Morgan fingerprint density at radius 2 is 1.87 bits per heavy atom. The Labute approximate surface area is 155 Å². The molecule has 0 aliphatic carbocycles. The first-order chi connectivity index (χ1) is 10.4. The Bertz CT molecular complexity index is 503. The number of rotatable bonds is 8. The molecule has 1 unspecified atom stereocenters. The number of non-ortho nitro benzene ring substituents is 1. The van der Waals surface area contributed by atoms with Crippen molar-refractivity contribution < 1.29 is 4.92 Å². The predicted molar refractivity (Wildman–Crippen MR) is 105 cm³/mol. The number of guanidine groups is 1. The molecular weight excluding hydrogens is 407 g/mol. The summed E-state index contributed by atoms with van der Waals surface area (Å²) in [7, 11) is 0. The van der Waals surface area contributed by atoms with Gasteiger partial charge in [-0.1, -0.05) is 38.8 Å². The van der Waals surface area contributed by atoms with Crippen LogP contribution in [0.25, 0.3) is 0 Å². The van der Waals surface area contributed by atoms with Crippen LogP contribution in [0.3, 0.4) is 0 Å². The van der Waals surface area contributed by atoms with Crippen molar-refractivity contribution in [1.82, 2.24) is 5.32 Å². The normalized spacial score (nSPS) is 12.6. The van der Waals surface area contributed by atoms with E-state index in [0.29, 0.717) is 18.5 Å². The smallest absolute Gasteiger partial charge is 0.269 e. The molecule has 0 aliphatic rings. The zero-order chi connectivity index (χ0) is 16.5. The molecule has 0 saturated carbocycles. The minimum atomic E-state index is -0.415. The van der Waals surface area contributed by atoms with Gasteiger partial charge in [0.1, 0.15) is 0 Å². The van der Waals surface area contributed by atoms with Gasteiger partial charge in [0.25, 0.3) is 5.69 Å². The fourth-order valence-corrected chi connectivity index (χ4v) is 2.10. The van der Waals surface area contributed by atoms with Gasteiger partial charge < -0.3 is 11.1 Å². The molecule has 0 amide bonds. The Hall–Kier alpha value is -1.38. The monoisotopic (exact) mass is 434 g/mol. The summed E-state index contributed by atoms with van der Waals surface area (Å²) in [6.45, 7) is 6.94. The van der Waals surface area contributed by atoms with Crippen molar-refractivity contribution in [3.63, 3.8) is 0 Å². The molecule has 1 aromatic rings. The van der Waals surface area contributed by atoms with Crippen molar-refractivity contribution in [1.29, 1.82) is 0 Å². The third-order valence-corrected chi connectivity index (χ3v) is 3.39. The lowest BCUT2D eigenvalue weighted by atomic mass is 10.0. The van der Waals surface area contributed by atoms with E-state index in [2.05, 4.69) is 31.1 Å². The Balaban J connectivity index is 0.00000484. The second kappa shape index (κ2) is 11.2. The number of nitrogens with one attached hydrogen (secondary N) is 1. The highest BCUT2D eigenvalue weighted by atomic mass is 127. The summed E-state index contributed by atoms with van der Waals surface area (Å²) in [5.41, 5.74) is 6.84. The van der Waals surface area contributed by atoms with Gasteiger partial charge in [-0.15, -0.1) is 24.0 Å². The summed E-state index contributed by atoms with van der Waals surface area (Å²) in [6.07, 6.45) is 3.44. The van der Waals surface area contributed by atoms with Crippen molar-refractivity contribution in [2.45, 2.75) is 52.6 Å². The van der Waals surface area contributed by atoms with E-state index < -0.39 is 4.92 Å². The lowest BCUT2D eigenvalue weighted by Crippen LogP contribution is -2.38. The van der Waals surface area contributed by atoms with Gasteiger partial charge in [0.2, 0.25) is 0 Å². The zero-order valence-corrected chi connectivity index (χ0v) is 16.3. The third kappa shape index (κ3) is 9.37. The second-order valence-electron chi connectivity index (χ2n) is 6.00. The fraction of sp³-hybridized carbons (Fsp3) is 0.562. The molecule has 6 nitrogen and oxygen atoms in total. The van der Waals surface area contributed by atoms with Crippen LogP contribution in [0.1, 0.15) is 45.6 Å². The maximum absolute atomic E-state index is 10.6. The molecule has 0 radical (unpaired) electrons. The molecule has 0 saturated heterocycles. The Morgan fingerprint density at radius 3 is 2.39 bits per heavy atom. The van der Waals surface area contributed by atoms with E-state index in [0.717, 1.165) is 17.9 Å². The van der Waals surface area contributed by atoms with Gasteiger partial charge in [-0.3, -0.25) is 10.1 Å². The topological polar surface area (TPSA) is 93.5 Å². The average molecular weight is 434 g/mol. The third-order valence-electron chi connectivity index (χ3n) is 3.39. The average Bonchev–Trinajstić information content (AvgIpc) is 2.45. The molecular formula is C16H27IN4O2. The van der Waals surface area contributed by atoms with E-state index in [-0.39, 0.29) is 29.7 Å². The molecule has 0 spiro atoms. The van der Waals surface area contributed by atoms with E-state index >= 15 is 0 Å². The Morgan fingerprint density at radius 1 is 1.26 bits per heavy atom. The van der Waals surface area contributed by atoms with Gasteiger partial charge in [0.05, 0.1) is 11.5 Å². The van der Waals surface area contributed by atoms with E-state index in [4.69, 9.17) is 5.73 Å². The first kappa shape index (κ1) is 21.6. The minimum absolute atomic E-state index is 0. The second-order valence-corrected chi connectivity index (χ2v) is 6.00. The zero-order valence-electron chi connectivity index (χ0n) is 14.0. The van der Waals surface area contributed by atoms with Gasteiger partial charge in [0, 0.05) is 18.2 Å². The molecule has 0 aromatic heterocycles. The van der Waals surface area contributed by atoms with Crippen molar-refractivity contribution in [3.8, 4) is 0 Å². The lowest BCUT2D eigenvalue weighted by molar-refractivity contribution is -0.384. The number of halogens is 1. The van der Waals surface area contributed by atoms with Crippen LogP contribution < -0.4 is 11.1 Å². The summed E-state index contributed by atoms with van der Waals surface area (Å²) >= 11 is 0. The molecule has 130 valence electrons. The number of nitro benzene ring substituents is 1. The SMILES string of the molecule is CC(C)CCCC(C)NC(N)=NCc1ccc([N+](=O)[O-])cc1.I. The number of benzene rings is 1. The largest absolute Gasteiger partial charge is 0.370 e. The quantitative estimate of drug-likeness (QED) is 0.214. The standard InChI is InChI=1S/C16H26N4O2.HI/c1-12(2)5-4-6-13(3)19-16(17)18-11-14-7-9-15(10-8-14)20(21)22;/h7-10,12-13H,4-6,11H2,1-3H3,(H3,17,18,19);1H. The summed E-state index contributed by atoms with van der Waals surface area (Å²) in [5.74, 6) is 1.13. The fourth-order valence-electron chi connectivity index (χ4n) is 2.10. The molecule has 0 aliphatic heterocycles. The van der Waals surface area contributed by atoms with Gasteiger partial charge in [-0.2, -0.15) is 0 Å². The van der Waals surface area contributed by atoms with Crippen molar-refractivity contribution in [3.05, 3.63) is 39.9 Å². The summed E-state index contributed by atoms with van der Waals surface area (Å²) in [4.78, 5) is 14.4. The number of nitro groups is 1. The highest BCUT2D eigenvalue weighted by molar-refractivity contribution is 14.0. The van der Waals surface area contributed by atoms with Crippen LogP contribution in [0.2, 0.25) is 0 Å². The van der Waals surface area contributed by atoms with Gasteiger partial charge in [0.15, 0.2) is 5.96 Å². The number of nitrogens with zero attached hydrogens (tertiary/aromatic N) is 2. The Kier molecular flexibility index (Phi) is 10.5. The molecule has 0 heterocycles. The van der Waals surface area contributed by atoms with E-state index in [1.807, 2.05) is 0 Å². The number of aliphatic imine (C=N–C) groups is 1. The number of hydrogen-bond acceptors (Lipinski definition) is 3. The summed E-state index contributed by atoms with van der Waals surface area (Å²) in [5, 5.41) is 13.7. The van der Waals surface area contributed by atoms with Crippen LogP contribution in [0.5, 0.6) is 0 Å². The molecule has 3 N–H and O–H groups in total. The molecule has 7 heteroatoms. The minimum Gasteiger partial charge on any atom is -0.370 e. The molecule has 0 bridgehead atoms. The van der Waals surface area contributed by atoms with Crippen molar-refractivity contribution in [2.24, 2.45) is 16.6 Å². The van der Waals surface area contributed by atoms with Crippen LogP contribution in [0.4, 0.5) is 5.69 Å². The summed E-state index contributed by atoms with van der Waals surface area (Å²) < 4.78 is 0. The first-order valence-electron chi connectivity index (χ1n) is 7.68. The predicted octanol–water partition coefficient (Wildman–Crippen LogP) is 3.83. The van der Waals surface area contributed by atoms with Crippen LogP contribution in [0, 0.1) is 16.0 Å². The van der Waals surface area contributed by atoms with Gasteiger partial charge in [-0.25, -0.2) is 4.99 Å². The van der Waals surface area contributed by atoms with Crippen LogP contribution in [0.15, 0.2) is 29.3 Å². The molecule has 0 fully saturated rings. The van der Waals surface area contributed by atoms with Gasteiger partial charge >= 0.3 is 0 Å². The highest BCUT2D eigenvalue weighted by Gasteiger charge is 2.05. The van der Waals surface area contributed by atoms with Crippen LogP contribution in [-0.2, 0) is 6.54 Å². The van der Waals surface area contributed by atoms with E-state index in [1.165, 1.54) is 25.0 Å². The van der Waals surface area contributed by atoms with E-state index in [9.17, 15) is 10.1 Å². The molecule has 1 aromatic carbocycles. The molecule has 1 rings (SSSR count). The van der Waals surface area contributed by atoms with Crippen molar-refractivity contribution in [2.75, 3.05) is 0 Å². The van der Waals surface area contributed by atoms with Crippen molar-refractivity contribution >= 4 is 35.6 Å². The summed E-state index contributed by atoms with van der Waals surface area (Å²) in [6, 6.07) is 6.63. The maximum atomic E-state index is 10.6. The maximum Gasteiger partial charge on any atom is 0.269 e. The van der Waals surface area contributed by atoms with E-state index in [1.54, 1.807) is 12.1 Å². The molecule has 23 heavy (non-hydrogen) atoms. The lowest BCUT2D eigenvalue weighted by Gasteiger charge is -2.15. The number of nitrogens with two attached hydrogens (primary N) is 1. The molecule has 1 atom stereocenters. The van der Waals surface area contributed by atoms with Crippen LogP contribution >= 0.6 is 24.0 Å². The highest BCUT2D eigenvalue weighted by Crippen LogP contribution is 2.12. The number of hydrogen-bond donors (Lipinski definition) is 2. The van der Waals surface area contributed by atoms with Crippen LogP contribution in [-0.4, -0.2) is 16.9 Å². The van der Waals surface area contributed by atoms with Gasteiger partial charge in [-0.05, 0) is 24.8 Å². The first-order valence-corrected chi connectivity index (χ1v) is 7.68.